The first-order chi connectivity index (χ1) is 14.5. The molecule has 8 heteroatoms. The van der Waals surface area contributed by atoms with Gasteiger partial charge in [0.05, 0.1) is 10.6 Å². The number of benzene rings is 2. The Bertz CT molecular complexity index is 1000. The van der Waals surface area contributed by atoms with Crippen LogP contribution in [0, 0.1) is 10.1 Å². The molecule has 0 aliphatic carbocycles. The van der Waals surface area contributed by atoms with E-state index in [9.17, 15) is 18.5 Å². The molecular formula is C22H27N3O4S. The Hall–Kier alpha value is -2.45. The van der Waals surface area contributed by atoms with E-state index >= 15 is 0 Å². The Morgan fingerprint density at radius 1 is 1.00 bits per heavy atom. The number of nitro benzene ring substituents is 1. The third-order valence-corrected chi connectivity index (χ3v) is 8.06. The lowest BCUT2D eigenvalue weighted by Crippen LogP contribution is -2.34. The number of aryl methyl sites for hydroxylation is 1. The summed E-state index contributed by atoms with van der Waals surface area (Å²) < 4.78 is 28.2. The standard InChI is InChI=1S/C22H27N3O4S/c26-25(27)20-12-13-21(22(17-20)30(28,29)23-14-4-5-15-23)24-16-6-9-19(24)11-10-18-7-2-1-3-8-18/h1-3,7-8,12-13,17,19H,4-6,9-11,14-16H2/t19-/m1/s1. The van der Waals surface area contributed by atoms with Crippen LogP contribution in [-0.2, 0) is 16.4 Å². The topological polar surface area (TPSA) is 83.8 Å². The van der Waals surface area contributed by atoms with Crippen LogP contribution in [0.5, 0.6) is 0 Å². The van der Waals surface area contributed by atoms with E-state index in [0.29, 0.717) is 18.8 Å². The van der Waals surface area contributed by atoms with Crippen LogP contribution in [0.25, 0.3) is 0 Å². The molecule has 0 bridgehead atoms. The van der Waals surface area contributed by atoms with Gasteiger partial charge in [-0.3, -0.25) is 10.1 Å². The fourth-order valence-corrected chi connectivity index (χ4v) is 6.30. The van der Waals surface area contributed by atoms with Crippen LogP contribution in [0.1, 0.15) is 37.7 Å². The average Bonchev–Trinajstić information content (AvgIpc) is 3.45. The van der Waals surface area contributed by atoms with E-state index in [1.807, 2.05) is 18.2 Å². The van der Waals surface area contributed by atoms with Crippen molar-refractivity contribution in [1.82, 2.24) is 4.31 Å². The van der Waals surface area contributed by atoms with Gasteiger partial charge in [0.1, 0.15) is 4.90 Å². The van der Waals surface area contributed by atoms with Gasteiger partial charge in [-0.05, 0) is 50.2 Å². The van der Waals surface area contributed by atoms with Crippen LogP contribution in [0.4, 0.5) is 11.4 Å². The third-order valence-electron chi connectivity index (χ3n) is 6.13. The molecule has 2 aliphatic heterocycles. The highest BCUT2D eigenvalue weighted by Crippen LogP contribution is 2.37. The maximum atomic E-state index is 13.3. The molecule has 2 aromatic carbocycles. The highest BCUT2D eigenvalue weighted by Gasteiger charge is 2.35. The molecule has 1 atom stereocenters. The third kappa shape index (κ3) is 4.20. The van der Waals surface area contributed by atoms with Crippen LogP contribution in [-0.4, -0.2) is 43.3 Å². The van der Waals surface area contributed by atoms with Crippen molar-refractivity contribution in [1.29, 1.82) is 0 Å². The molecule has 160 valence electrons. The van der Waals surface area contributed by atoms with Gasteiger partial charge in [0.2, 0.25) is 10.0 Å². The molecule has 2 aliphatic rings. The van der Waals surface area contributed by atoms with E-state index in [1.165, 1.54) is 22.0 Å². The van der Waals surface area contributed by atoms with Crippen LogP contribution in [0.3, 0.4) is 0 Å². The van der Waals surface area contributed by atoms with Crippen molar-refractivity contribution in [3.05, 3.63) is 64.2 Å². The van der Waals surface area contributed by atoms with E-state index in [0.717, 1.165) is 45.1 Å². The van der Waals surface area contributed by atoms with E-state index in [2.05, 4.69) is 17.0 Å². The van der Waals surface area contributed by atoms with Gasteiger partial charge >= 0.3 is 0 Å². The molecule has 2 heterocycles. The first kappa shape index (κ1) is 20.8. The number of non-ortho nitro benzene ring substituents is 1. The smallest absolute Gasteiger partial charge is 0.270 e. The second-order valence-electron chi connectivity index (χ2n) is 8.03. The quantitative estimate of drug-likeness (QED) is 0.491. The Balaban J connectivity index is 1.65. The van der Waals surface area contributed by atoms with Crippen LogP contribution >= 0.6 is 0 Å². The summed E-state index contributed by atoms with van der Waals surface area (Å²) in [5, 5.41) is 11.3. The number of hydrogen-bond donors (Lipinski definition) is 0. The molecule has 0 radical (unpaired) electrons. The minimum absolute atomic E-state index is 0.0743. The van der Waals surface area contributed by atoms with Crippen LogP contribution in [0.15, 0.2) is 53.4 Å². The Morgan fingerprint density at radius 2 is 1.73 bits per heavy atom. The second-order valence-corrected chi connectivity index (χ2v) is 9.94. The number of nitro groups is 1. The summed E-state index contributed by atoms with van der Waals surface area (Å²) in [7, 11) is -3.77. The number of anilines is 1. The molecule has 0 N–H and O–H groups in total. The fourth-order valence-electron chi connectivity index (χ4n) is 4.56. The van der Waals surface area contributed by atoms with Gasteiger partial charge in [-0.2, -0.15) is 4.31 Å². The van der Waals surface area contributed by atoms with Crippen LogP contribution < -0.4 is 4.90 Å². The summed E-state index contributed by atoms with van der Waals surface area (Å²) in [4.78, 5) is 13.0. The lowest BCUT2D eigenvalue weighted by Gasteiger charge is -2.29. The van der Waals surface area contributed by atoms with Crippen molar-refractivity contribution in [2.45, 2.75) is 49.5 Å². The maximum absolute atomic E-state index is 13.3. The van der Waals surface area contributed by atoms with Crippen LogP contribution in [0.2, 0.25) is 0 Å². The molecule has 2 aromatic rings. The average molecular weight is 430 g/mol. The summed E-state index contributed by atoms with van der Waals surface area (Å²) >= 11 is 0. The molecular weight excluding hydrogens is 402 g/mol. The fraction of sp³-hybridized carbons (Fsp3) is 0.455. The highest BCUT2D eigenvalue weighted by molar-refractivity contribution is 7.89. The van der Waals surface area contributed by atoms with Crippen molar-refractivity contribution in [3.63, 3.8) is 0 Å². The first-order valence-corrected chi connectivity index (χ1v) is 12.0. The van der Waals surface area contributed by atoms with Crippen molar-refractivity contribution < 1.29 is 13.3 Å². The monoisotopic (exact) mass is 429 g/mol. The van der Waals surface area contributed by atoms with Gasteiger partial charge < -0.3 is 4.90 Å². The van der Waals surface area contributed by atoms with Gasteiger partial charge in [-0.1, -0.05) is 30.3 Å². The van der Waals surface area contributed by atoms with Crippen molar-refractivity contribution in [2.75, 3.05) is 24.5 Å². The minimum Gasteiger partial charge on any atom is -0.367 e. The Labute approximate surface area is 177 Å². The van der Waals surface area contributed by atoms with Crippen molar-refractivity contribution in [2.24, 2.45) is 0 Å². The zero-order chi connectivity index (χ0) is 21.1. The molecule has 30 heavy (non-hydrogen) atoms. The number of nitrogens with zero attached hydrogens (tertiary/aromatic N) is 3. The molecule has 4 rings (SSSR count). The predicted molar refractivity (Wildman–Crippen MR) is 116 cm³/mol. The van der Waals surface area contributed by atoms with E-state index in [1.54, 1.807) is 6.07 Å². The van der Waals surface area contributed by atoms with Gasteiger partial charge in [-0.15, -0.1) is 0 Å². The molecule has 2 fully saturated rings. The van der Waals surface area contributed by atoms with E-state index < -0.39 is 14.9 Å². The molecule has 0 amide bonds. The SMILES string of the molecule is O=[N+]([O-])c1ccc(N2CCC[C@@H]2CCc2ccccc2)c(S(=O)(=O)N2CCCC2)c1. The van der Waals surface area contributed by atoms with Crippen molar-refractivity contribution >= 4 is 21.4 Å². The lowest BCUT2D eigenvalue weighted by atomic mass is 10.0. The Kier molecular flexibility index (Phi) is 6.06. The van der Waals surface area contributed by atoms with Gasteiger partial charge in [-0.25, -0.2) is 8.42 Å². The summed E-state index contributed by atoms with van der Waals surface area (Å²) in [5.41, 5.74) is 1.68. The van der Waals surface area contributed by atoms with Gasteiger partial charge in [0.25, 0.3) is 5.69 Å². The predicted octanol–water partition coefficient (Wildman–Crippen LogP) is 3.98. The Morgan fingerprint density at radius 3 is 2.43 bits per heavy atom. The number of hydrogen-bond acceptors (Lipinski definition) is 5. The van der Waals surface area contributed by atoms with E-state index in [-0.39, 0.29) is 16.6 Å². The zero-order valence-corrected chi connectivity index (χ0v) is 17.8. The molecule has 0 saturated carbocycles. The largest absolute Gasteiger partial charge is 0.367 e. The molecule has 7 nitrogen and oxygen atoms in total. The second kappa shape index (κ2) is 8.73. The molecule has 0 aromatic heterocycles. The molecule has 0 unspecified atom stereocenters. The number of sulfonamides is 1. The molecule has 0 spiro atoms. The van der Waals surface area contributed by atoms with Gasteiger partial charge in [0.15, 0.2) is 0 Å². The summed E-state index contributed by atoms with van der Waals surface area (Å²) in [6.07, 6.45) is 5.47. The molecule has 2 saturated heterocycles. The summed E-state index contributed by atoms with van der Waals surface area (Å²) in [5.74, 6) is 0. The zero-order valence-electron chi connectivity index (χ0n) is 16.9. The minimum atomic E-state index is -3.77. The van der Waals surface area contributed by atoms with Gasteiger partial charge in [0, 0.05) is 37.8 Å². The maximum Gasteiger partial charge on any atom is 0.270 e. The number of rotatable bonds is 7. The normalized spacial score (nSPS) is 20.0. The lowest BCUT2D eigenvalue weighted by molar-refractivity contribution is -0.385. The summed E-state index contributed by atoms with van der Waals surface area (Å²) in [6, 6.07) is 14.8. The van der Waals surface area contributed by atoms with Crippen molar-refractivity contribution in [3.8, 4) is 0 Å². The first-order valence-electron chi connectivity index (χ1n) is 10.6. The van der Waals surface area contributed by atoms with E-state index in [4.69, 9.17) is 0 Å². The summed E-state index contributed by atoms with van der Waals surface area (Å²) in [6.45, 7) is 1.71. The highest BCUT2D eigenvalue weighted by atomic mass is 32.2.